The van der Waals surface area contributed by atoms with Crippen LogP contribution in [0.1, 0.15) is 58.1 Å². The Balaban J connectivity index is 1.65. The van der Waals surface area contributed by atoms with Crippen molar-refractivity contribution in [3.05, 3.63) is 45.1 Å². The molecule has 0 spiro atoms. The summed E-state index contributed by atoms with van der Waals surface area (Å²) in [5, 5.41) is 2.08. The summed E-state index contributed by atoms with van der Waals surface area (Å²) in [5.41, 5.74) is 3.31. The molecule has 1 amide bonds. The lowest BCUT2D eigenvalue weighted by Gasteiger charge is -2.27. The number of likely N-dealkylation sites (tertiary alicyclic amines) is 1. The summed E-state index contributed by atoms with van der Waals surface area (Å²) >= 11 is 1.76. The predicted molar refractivity (Wildman–Crippen MR) is 104 cm³/mol. The quantitative estimate of drug-likeness (QED) is 0.787. The summed E-state index contributed by atoms with van der Waals surface area (Å²) in [4.78, 5) is 16.8. The van der Waals surface area contributed by atoms with Crippen LogP contribution >= 0.6 is 11.3 Å². The van der Waals surface area contributed by atoms with E-state index in [4.69, 9.17) is 9.47 Å². The lowest BCUT2D eigenvalue weighted by molar-refractivity contribution is 0.0733. The summed E-state index contributed by atoms with van der Waals surface area (Å²) < 4.78 is 10.9. The molecule has 4 rings (SSSR count). The van der Waals surface area contributed by atoms with Crippen LogP contribution in [-0.2, 0) is 12.8 Å². The summed E-state index contributed by atoms with van der Waals surface area (Å²) in [6.45, 7) is 0.809. The van der Waals surface area contributed by atoms with Crippen molar-refractivity contribution in [3.8, 4) is 11.5 Å². The number of amides is 1. The monoisotopic (exact) mass is 371 g/mol. The van der Waals surface area contributed by atoms with Gasteiger partial charge in [0.1, 0.15) is 11.5 Å². The molecule has 1 fully saturated rings. The van der Waals surface area contributed by atoms with Crippen LogP contribution in [0.4, 0.5) is 0 Å². The summed E-state index contributed by atoms with van der Waals surface area (Å²) in [6.07, 6.45) is 6.61. The largest absolute Gasteiger partial charge is 0.497 e. The van der Waals surface area contributed by atoms with Crippen LogP contribution in [0.5, 0.6) is 11.5 Å². The molecular formula is C21H25NO3S. The molecule has 138 valence electrons. The van der Waals surface area contributed by atoms with Crippen LogP contribution in [0.2, 0.25) is 0 Å². The maximum absolute atomic E-state index is 13.4. The van der Waals surface area contributed by atoms with Gasteiger partial charge in [0.05, 0.1) is 25.8 Å². The molecule has 26 heavy (non-hydrogen) atoms. The predicted octanol–water partition coefficient (Wildman–Crippen LogP) is 4.62. The molecule has 4 nitrogen and oxygen atoms in total. The van der Waals surface area contributed by atoms with Gasteiger partial charge in [0.15, 0.2) is 0 Å². The van der Waals surface area contributed by atoms with Crippen LogP contribution in [0, 0.1) is 0 Å². The molecule has 5 heteroatoms. The average molecular weight is 372 g/mol. The Labute approximate surface area is 158 Å². The second-order valence-corrected chi connectivity index (χ2v) is 7.99. The summed E-state index contributed by atoms with van der Waals surface area (Å²) in [6, 6.07) is 5.97. The van der Waals surface area contributed by atoms with E-state index in [1.807, 2.05) is 23.1 Å². The van der Waals surface area contributed by atoms with Gasteiger partial charge in [-0.05, 0) is 56.2 Å². The van der Waals surface area contributed by atoms with Gasteiger partial charge in [0, 0.05) is 28.4 Å². The van der Waals surface area contributed by atoms with E-state index in [2.05, 4.69) is 5.38 Å². The third kappa shape index (κ3) is 2.98. The van der Waals surface area contributed by atoms with Gasteiger partial charge in [-0.3, -0.25) is 4.79 Å². The highest BCUT2D eigenvalue weighted by molar-refractivity contribution is 7.10. The molecule has 0 unspecified atom stereocenters. The maximum atomic E-state index is 13.4. The van der Waals surface area contributed by atoms with E-state index in [0.717, 1.165) is 54.9 Å². The van der Waals surface area contributed by atoms with Crippen molar-refractivity contribution >= 4 is 17.2 Å². The number of fused-ring (bicyclic) bond motifs is 1. The van der Waals surface area contributed by atoms with E-state index >= 15 is 0 Å². The van der Waals surface area contributed by atoms with Gasteiger partial charge in [-0.15, -0.1) is 11.3 Å². The van der Waals surface area contributed by atoms with Crippen LogP contribution < -0.4 is 9.47 Å². The van der Waals surface area contributed by atoms with E-state index in [9.17, 15) is 4.79 Å². The van der Waals surface area contributed by atoms with Crippen LogP contribution in [0.15, 0.2) is 23.6 Å². The average Bonchev–Trinajstić information content (AvgIpc) is 3.34. The second kappa shape index (κ2) is 7.31. The lowest BCUT2D eigenvalue weighted by atomic mass is 9.95. The number of carbonyl (C=O) groups excluding carboxylic acids is 1. The molecule has 1 aromatic carbocycles. The van der Waals surface area contributed by atoms with Crippen molar-refractivity contribution in [3.63, 3.8) is 0 Å². The van der Waals surface area contributed by atoms with E-state index in [1.165, 1.54) is 23.3 Å². The van der Waals surface area contributed by atoms with Crippen molar-refractivity contribution in [1.82, 2.24) is 4.90 Å². The number of methoxy groups -OCH3 is 2. The smallest absolute Gasteiger partial charge is 0.255 e. The number of hydrogen-bond donors (Lipinski definition) is 0. The zero-order chi connectivity index (χ0) is 18.1. The van der Waals surface area contributed by atoms with Gasteiger partial charge < -0.3 is 14.4 Å². The molecule has 1 aliphatic heterocycles. The number of hydrogen-bond acceptors (Lipinski definition) is 4. The molecule has 1 aromatic heterocycles. The molecule has 1 saturated heterocycles. The molecule has 1 atom stereocenters. The molecular weight excluding hydrogens is 346 g/mol. The minimum absolute atomic E-state index is 0.0718. The molecule has 2 aromatic rings. The Morgan fingerprint density at radius 1 is 1.15 bits per heavy atom. The van der Waals surface area contributed by atoms with Crippen LogP contribution in [-0.4, -0.2) is 31.6 Å². The van der Waals surface area contributed by atoms with E-state index in [-0.39, 0.29) is 11.9 Å². The minimum atomic E-state index is 0.0718. The Bertz CT molecular complexity index is 814. The fraction of sp³-hybridized carbons (Fsp3) is 0.476. The number of rotatable bonds is 4. The minimum Gasteiger partial charge on any atom is -0.497 e. The molecule has 0 radical (unpaired) electrons. The van der Waals surface area contributed by atoms with Gasteiger partial charge in [0.25, 0.3) is 5.91 Å². The fourth-order valence-electron chi connectivity index (χ4n) is 4.25. The van der Waals surface area contributed by atoms with Crippen molar-refractivity contribution in [2.24, 2.45) is 0 Å². The first-order chi connectivity index (χ1) is 12.7. The number of thiophene rings is 1. The molecule has 0 N–H and O–H groups in total. The molecule has 1 aliphatic carbocycles. The summed E-state index contributed by atoms with van der Waals surface area (Å²) in [7, 11) is 3.33. The SMILES string of the molecule is COc1ccc([C@@H]2CCCN2C(=O)c2csc3c2CCCC3)c(OC)c1. The normalized spacial score (nSPS) is 19.3. The maximum Gasteiger partial charge on any atom is 0.255 e. The third-order valence-electron chi connectivity index (χ3n) is 5.61. The van der Waals surface area contributed by atoms with E-state index in [0.29, 0.717) is 0 Å². The molecule has 2 heterocycles. The topological polar surface area (TPSA) is 38.8 Å². The van der Waals surface area contributed by atoms with Gasteiger partial charge in [-0.2, -0.15) is 0 Å². The molecule has 0 bridgehead atoms. The number of benzene rings is 1. The summed E-state index contributed by atoms with van der Waals surface area (Å²) in [5.74, 6) is 1.75. The Kier molecular flexibility index (Phi) is 4.90. The van der Waals surface area contributed by atoms with Gasteiger partial charge in [-0.1, -0.05) is 0 Å². The van der Waals surface area contributed by atoms with Crippen molar-refractivity contribution in [1.29, 1.82) is 0 Å². The highest BCUT2D eigenvalue weighted by atomic mass is 32.1. The standard InChI is InChI=1S/C21H25NO3S/c1-24-14-9-10-16(19(12-14)25-2)18-7-5-11-22(18)21(23)17-13-26-20-8-4-3-6-15(17)20/h9-10,12-13,18H,3-8,11H2,1-2H3/t18-/m0/s1. The van der Waals surface area contributed by atoms with Gasteiger partial charge in [-0.25, -0.2) is 0 Å². The number of nitrogens with zero attached hydrogens (tertiary/aromatic N) is 1. The fourth-order valence-corrected chi connectivity index (χ4v) is 5.37. The Morgan fingerprint density at radius 3 is 2.81 bits per heavy atom. The van der Waals surface area contributed by atoms with E-state index < -0.39 is 0 Å². The highest BCUT2D eigenvalue weighted by Gasteiger charge is 2.34. The third-order valence-corrected chi connectivity index (χ3v) is 6.69. The van der Waals surface area contributed by atoms with E-state index in [1.54, 1.807) is 25.6 Å². The number of aryl methyl sites for hydroxylation is 1. The van der Waals surface area contributed by atoms with Gasteiger partial charge >= 0.3 is 0 Å². The number of carbonyl (C=O) groups is 1. The molecule has 2 aliphatic rings. The van der Waals surface area contributed by atoms with Crippen LogP contribution in [0.25, 0.3) is 0 Å². The molecule has 0 saturated carbocycles. The Morgan fingerprint density at radius 2 is 2.00 bits per heavy atom. The van der Waals surface area contributed by atoms with Crippen molar-refractivity contribution < 1.29 is 14.3 Å². The Hall–Kier alpha value is -2.01. The second-order valence-electron chi connectivity index (χ2n) is 7.02. The zero-order valence-corrected chi connectivity index (χ0v) is 16.2. The first kappa shape index (κ1) is 17.4. The van der Waals surface area contributed by atoms with Crippen LogP contribution in [0.3, 0.4) is 0 Å². The lowest BCUT2D eigenvalue weighted by Crippen LogP contribution is -2.31. The van der Waals surface area contributed by atoms with Crippen molar-refractivity contribution in [2.45, 2.75) is 44.6 Å². The first-order valence-corrected chi connectivity index (χ1v) is 10.2. The number of ether oxygens (including phenoxy) is 2. The van der Waals surface area contributed by atoms with Crippen molar-refractivity contribution in [2.75, 3.05) is 20.8 Å². The highest BCUT2D eigenvalue weighted by Crippen LogP contribution is 2.40. The van der Waals surface area contributed by atoms with Gasteiger partial charge in [0.2, 0.25) is 0 Å². The first-order valence-electron chi connectivity index (χ1n) is 9.35. The zero-order valence-electron chi connectivity index (χ0n) is 15.4.